The van der Waals surface area contributed by atoms with E-state index in [1.807, 2.05) is 0 Å². The molecule has 0 saturated carbocycles. The van der Waals surface area contributed by atoms with E-state index in [0.717, 1.165) is 5.69 Å². The molecule has 0 fully saturated rings. The van der Waals surface area contributed by atoms with Gasteiger partial charge in [-0.15, -0.1) is 0 Å². The van der Waals surface area contributed by atoms with Crippen LogP contribution >= 0.6 is 0 Å². The SMILES string of the molecule is c1ccc(-c2c3ccccc3c(-c3ccc(-n4c5ccc6ccccc6c5c5ccc6ccccc6c54)cc3)c3ccc4ccccc4c23)cc1. The van der Waals surface area contributed by atoms with Gasteiger partial charge in [0.25, 0.3) is 0 Å². The van der Waals surface area contributed by atoms with E-state index in [2.05, 4.69) is 193 Å². The Balaban J connectivity index is 1.21. The number of benzene rings is 10. The molecule has 0 spiro atoms. The van der Waals surface area contributed by atoms with Gasteiger partial charge in [0.15, 0.2) is 0 Å². The number of nitrogens with zero attached hydrogens (tertiary/aromatic N) is 1. The summed E-state index contributed by atoms with van der Waals surface area (Å²) in [6, 6.07) is 69.2. The topological polar surface area (TPSA) is 4.93 Å². The summed E-state index contributed by atoms with van der Waals surface area (Å²) in [7, 11) is 0. The number of hydrogen-bond acceptors (Lipinski definition) is 0. The molecule has 0 bridgehead atoms. The smallest absolute Gasteiger partial charge is 0.0619 e. The Morgan fingerprint density at radius 2 is 0.765 bits per heavy atom. The Hall–Kier alpha value is -6.70. The molecule has 0 aliphatic rings. The summed E-state index contributed by atoms with van der Waals surface area (Å²) in [6.45, 7) is 0. The molecule has 0 amide bonds. The molecule has 1 nitrogen and oxygen atoms in total. The molecule has 0 N–H and O–H groups in total. The van der Waals surface area contributed by atoms with Crippen LogP contribution in [0, 0.1) is 0 Å². The fourth-order valence-electron chi connectivity index (χ4n) is 8.76. The molecule has 1 heterocycles. The van der Waals surface area contributed by atoms with Gasteiger partial charge in [-0.2, -0.15) is 0 Å². The van der Waals surface area contributed by atoms with E-state index < -0.39 is 0 Å². The van der Waals surface area contributed by atoms with Crippen LogP contribution in [-0.4, -0.2) is 4.57 Å². The van der Waals surface area contributed by atoms with Crippen molar-refractivity contribution in [3.63, 3.8) is 0 Å². The quantitative estimate of drug-likeness (QED) is 0.133. The van der Waals surface area contributed by atoms with E-state index in [1.54, 1.807) is 0 Å². The third-order valence-electron chi connectivity index (χ3n) is 10.9. The maximum Gasteiger partial charge on any atom is 0.0619 e. The van der Waals surface area contributed by atoms with E-state index in [-0.39, 0.29) is 0 Å². The second-order valence-corrected chi connectivity index (χ2v) is 13.6. The standard InChI is InChI=1S/C50H31N/c1-2-15-35(16-3-1)47-42-21-11-10-20-41(42)46(43-29-24-32-12-5-8-18-39(32)49(43)47)36-22-27-37(28-23-36)51-45-31-26-33-13-4-7-17-38(33)48(45)44-30-25-34-14-6-9-19-40(34)50(44)51/h1-31H. The molecule has 11 rings (SSSR count). The first kappa shape index (κ1) is 28.2. The molecule has 11 aromatic rings. The van der Waals surface area contributed by atoms with Crippen molar-refractivity contribution in [3.8, 4) is 27.9 Å². The Bertz CT molecular complexity index is 3170. The van der Waals surface area contributed by atoms with Crippen LogP contribution in [0.2, 0.25) is 0 Å². The lowest BCUT2D eigenvalue weighted by atomic mass is 9.84. The summed E-state index contributed by atoms with van der Waals surface area (Å²) in [6.07, 6.45) is 0. The van der Waals surface area contributed by atoms with Crippen LogP contribution in [-0.2, 0) is 0 Å². The van der Waals surface area contributed by atoms with Crippen molar-refractivity contribution in [2.45, 2.75) is 0 Å². The highest BCUT2D eigenvalue weighted by Gasteiger charge is 2.20. The Morgan fingerprint density at radius 3 is 1.45 bits per heavy atom. The highest BCUT2D eigenvalue weighted by atomic mass is 15.0. The van der Waals surface area contributed by atoms with Crippen LogP contribution in [0.1, 0.15) is 0 Å². The summed E-state index contributed by atoms with van der Waals surface area (Å²) >= 11 is 0. The summed E-state index contributed by atoms with van der Waals surface area (Å²) in [5, 5.41) is 15.3. The molecule has 51 heavy (non-hydrogen) atoms. The highest BCUT2D eigenvalue weighted by Crippen LogP contribution is 2.47. The van der Waals surface area contributed by atoms with Crippen molar-refractivity contribution < 1.29 is 0 Å². The van der Waals surface area contributed by atoms with Crippen LogP contribution in [0.3, 0.4) is 0 Å². The average Bonchev–Trinajstić information content (AvgIpc) is 3.56. The molecular formula is C50H31N. The minimum atomic E-state index is 1.16. The van der Waals surface area contributed by atoms with Gasteiger partial charge < -0.3 is 4.57 Å². The van der Waals surface area contributed by atoms with Crippen molar-refractivity contribution >= 4 is 75.7 Å². The third-order valence-corrected chi connectivity index (χ3v) is 10.9. The van der Waals surface area contributed by atoms with Gasteiger partial charge in [0.2, 0.25) is 0 Å². The van der Waals surface area contributed by atoms with Gasteiger partial charge >= 0.3 is 0 Å². The maximum absolute atomic E-state index is 2.48. The number of aromatic nitrogens is 1. The van der Waals surface area contributed by atoms with Gasteiger partial charge in [0.1, 0.15) is 0 Å². The molecule has 0 radical (unpaired) electrons. The second-order valence-electron chi connectivity index (χ2n) is 13.6. The maximum atomic E-state index is 2.48. The zero-order valence-electron chi connectivity index (χ0n) is 27.8. The molecule has 0 unspecified atom stereocenters. The fraction of sp³-hybridized carbons (Fsp3) is 0. The number of fused-ring (bicyclic) bond motifs is 11. The van der Waals surface area contributed by atoms with E-state index >= 15 is 0 Å². The van der Waals surface area contributed by atoms with Gasteiger partial charge in [-0.3, -0.25) is 0 Å². The number of hydrogen-bond donors (Lipinski definition) is 0. The monoisotopic (exact) mass is 645 g/mol. The number of rotatable bonds is 3. The normalized spacial score (nSPS) is 11.9. The van der Waals surface area contributed by atoms with Crippen molar-refractivity contribution in [3.05, 3.63) is 188 Å². The van der Waals surface area contributed by atoms with Gasteiger partial charge in [-0.25, -0.2) is 0 Å². The Kier molecular flexibility index (Phi) is 6.02. The molecule has 0 aliphatic heterocycles. The predicted octanol–water partition coefficient (Wildman–Crippen LogP) is 13.9. The van der Waals surface area contributed by atoms with Crippen molar-refractivity contribution in [2.24, 2.45) is 0 Å². The van der Waals surface area contributed by atoms with Crippen molar-refractivity contribution in [1.82, 2.24) is 4.57 Å². The minimum Gasteiger partial charge on any atom is -0.309 e. The molecular weight excluding hydrogens is 615 g/mol. The molecule has 1 aromatic heterocycles. The first-order valence-corrected chi connectivity index (χ1v) is 17.7. The van der Waals surface area contributed by atoms with E-state index in [9.17, 15) is 0 Å². The van der Waals surface area contributed by atoms with Gasteiger partial charge in [-0.1, -0.05) is 170 Å². The molecule has 0 saturated heterocycles. The van der Waals surface area contributed by atoms with Crippen LogP contribution in [0.15, 0.2) is 188 Å². The molecule has 1 heteroatoms. The first-order chi connectivity index (χ1) is 25.3. The molecule has 0 atom stereocenters. The van der Waals surface area contributed by atoms with E-state index in [0.29, 0.717) is 0 Å². The van der Waals surface area contributed by atoms with Crippen molar-refractivity contribution in [2.75, 3.05) is 0 Å². The molecule has 0 aliphatic carbocycles. The zero-order chi connectivity index (χ0) is 33.5. The van der Waals surface area contributed by atoms with Crippen LogP contribution in [0.4, 0.5) is 0 Å². The van der Waals surface area contributed by atoms with Crippen LogP contribution in [0.5, 0.6) is 0 Å². The van der Waals surface area contributed by atoms with Crippen LogP contribution in [0.25, 0.3) is 104 Å². The lowest BCUT2D eigenvalue weighted by Crippen LogP contribution is -1.95. The summed E-state index contributed by atoms with van der Waals surface area (Å²) in [5.74, 6) is 0. The molecule has 236 valence electrons. The van der Waals surface area contributed by atoms with Gasteiger partial charge in [-0.05, 0) is 88.9 Å². The largest absolute Gasteiger partial charge is 0.309 e. The highest BCUT2D eigenvalue weighted by molar-refractivity contribution is 6.28. The van der Waals surface area contributed by atoms with E-state index in [1.165, 1.54) is 97.9 Å². The first-order valence-electron chi connectivity index (χ1n) is 17.7. The summed E-state index contributed by atoms with van der Waals surface area (Å²) in [4.78, 5) is 0. The molecule has 10 aromatic carbocycles. The Morgan fingerprint density at radius 1 is 0.275 bits per heavy atom. The lowest BCUT2D eigenvalue weighted by Gasteiger charge is -2.19. The minimum absolute atomic E-state index is 1.16. The summed E-state index contributed by atoms with van der Waals surface area (Å²) < 4.78 is 2.48. The third kappa shape index (κ3) is 4.09. The lowest BCUT2D eigenvalue weighted by molar-refractivity contribution is 1.19. The average molecular weight is 646 g/mol. The fourth-order valence-corrected chi connectivity index (χ4v) is 8.76. The Labute approximate surface area is 295 Å². The van der Waals surface area contributed by atoms with Crippen LogP contribution < -0.4 is 0 Å². The van der Waals surface area contributed by atoms with Crippen molar-refractivity contribution in [1.29, 1.82) is 0 Å². The summed E-state index contributed by atoms with van der Waals surface area (Å²) in [5.41, 5.74) is 8.66. The predicted molar refractivity (Wildman–Crippen MR) is 219 cm³/mol. The zero-order valence-corrected chi connectivity index (χ0v) is 27.8. The van der Waals surface area contributed by atoms with Gasteiger partial charge in [0.05, 0.1) is 11.0 Å². The van der Waals surface area contributed by atoms with E-state index in [4.69, 9.17) is 0 Å². The second kappa shape index (κ2) is 10.9. The van der Waals surface area contributed by atoms with Gasteiger partial charge in [0, 0.05) is 21.8 Å².